The molecule has 0 spiro atoms. The van der Waals surface area contributed by atoms with E-state index in [9.17, 15) is 10.1 Å². The topological polar surface area (TPSA) is 104 Å². The molecule has 0 amide bonds. The molecular weight excluding hydrogens is 595 g/mol. The van der Waals surface area contributed by atoms with Gasteiger partial charge in [-0.05, 0) is 49.2 Å². The van der Waals surface area contributed by atoms with E-state index in [1.807, 2.05) is 31.2 Å². The molecule has 7 nitrogen and oxygen atoms in total. The van der Waals surface area contributed by atoms with Gasteiger partial charge in [0.1, 0.15) is 28.0 Å². The Hall–Kier alpha value is -3.90. The van der Waals surface area contributed by atoms with Crippen LogP contribution in [0.25, 0.3) is 10.1 Å². The highest BCUT2D eigenvalue weighted by atomic mass is 35.5. The quantitative estimate of drug-likeness (QED) is 0.107. The molecule has 4 aromatic rings. The molecule has 2 N–H and O–H groups in total. The van der Waals surface area contributed by atoms with E-state index in [0.29, 0.717) is 46.4 Å². The van der Waals surface area contributed by atoms with Crippen molar-refractivity contribution in [3.63, 3.8) is 0 Å². The van der Waals surface area contributed by atoms with Gasteiger partial charge in [-0.25, -0.2) is 4.79 Å². The van der Waals surface area contributed by atoms with Crippen LogP contribution in [0.4, 0.5) is 0 Å². The number of hydrogen-bond acceptors (Lipinski definition) is 8. The fourth-order valence-corrected chi connectivity index (χ4v) is 6.65. The highest BCUT2D eigenvalue weighted by Crippen LogP contribution is 2.46. The van der Waals surface area contributed by atoms with E-state index in [2.05, 4.69) is 13.0 Å². The van der Waals surface area contributed by atoms with Crippen LogP contribution in [0.5, 0.6) is 23.0 Å². The SMILES string of the molecule is CCCCCOc1ccc(C2C(C#N)=C(N)Oc3cc(OC(=O)c4sc5cccc(Cl)c5c4Cl)ccc32)cc1OCC. The molecule has 1 unspecified atom stereocenters. The lowest BCUT2D eigenvalue weighted by Crippen LogP contribution is -2.21. The molecular formula is C32H28Cl2N2O5S. The molecule has 0 radical (unpaired) electrons. The van der Waals surface area contributed by atoms with E-state index in [1.54, 1.807) is 30.3 Å². The standard InChI is InChI=1S/C32H28Cl2N2O5S/c1-3-5-6-14-39-23-13-10-18(15-25(23)38-4-2)27-20-12-11-19(16-24(20)41-31(36)21(27)17-35)40-32(37)30-29(34)28-22(33)8-7-9-26(28)42-30/h7-13,15-16,27H,3-6,14,36H2,1-2H3. The molecule has 2 heterocycles. The number of unbranched alkanes of at least 4 members (excludes halogenated alkanes) is 2. The molecule has 1 aliphatic heterocycles. The minimum atomic E-state index is -0.623. The van der Waals surface area contributed by atoms with Gasteiger partial charge in [0.05, 0.1) is 29.2 Å². The van der Waals surface area contributed by atoms with Crippen LogP contribution < -0.4 is 24.7 Å². The Labute approximate surface area is 258 Å². The Morgan fingerprint density at radius 1 is 1.07 bits per heavy atom. The number of ether oxygens (including phenoxy) is 4. The van der Waals surface area contributed by atoms with E-state index in [4.69, 9.17) is 47.9 Å². The van der Waals surface area contributed by atoms with Crippen LogP contribution in [-0.2, 0) is 0 Å². The number of esters is 1. The number of nitrogens with two attached hydrogens (primary N) is 1. The van der Waals surface area contributed by atoms with Crippen LogP contribution in [0.1, 0.15) is 59.8 Å². The Kier molecular flexibility index (Phi) is 9.12. The predicted octanol–water partition coefficient (Wildman–Crippen LogP) is 8.61. The van der Waals surface area contributed by atoms with Crippen molar-refractivity contribution in [2.75, 3.05) is 13.2 Å². The highest BCUT2D eigenvalue weighted by Gasteiger charge is 2.32. The van der Waals surface area contributed by atoms with Crippen molar-refractivity contribution >= 4 is 50.6 Å². The van der Waals surface area contributed by atoms with Crippen molar-refractivity contribution in [3.8, 4) is 29.1 Å². The lowest BCUT2D eigenvalue weighted by molar-refractivity contribution is 0.0740. The second-order valence-electron chi connectivity index (χ2n) is 9.57. The fourth-order valence-electron chi connectivity index (χ4n) is 4.82. The third-order valence-electron chi connectivity index (χ3n) is 6.80. The molecule has 0 bridgehead atoms. The molecule has 1 atom stereocenters. The van der Waals surface area contributed by atoms with Crippen LogP contribution in [0.2, 0.25) is 10.0 Å². The number of halogens is 2. The Bertz CT molecular complexity index is 1730. The van der Waals surface area contributed by atoms with Crippen molar-refractivity contribution in [1.82, 2.24) is 0 Å². The smallest absolute Gasteiger partial charge is 0.355 e. The minimum Gasteiger partial charge on any atom is -0.490 e. The summed E-state index contributed by atoms with van der Waals surface area (Å²) in [4.78, 5) is 13.3. The molecule has 216 valence electrons. The van der Waals surface area contributed by atoms with Gasteiger partial charge in [0.2, 0.25) is 5.88 Å². The second kappa shape index (κ2) is 13.0. The zero-order valence-corrected chi connectivity index (χ0v) is 25.4. The molecule has 1 aromatic heterocycles. The second-order valence-corrected chi connectivity index (χ2v) is 11.4. The van der Waals surface area contributed by atoms with Gasteiger partial charge in [-0.15, -0.1) is 11.3 Å². The maximum absolute atomic E-state index is 13.1. The normalized spacial score (nSPS) is 14.2. The van der Waals surface area contributed by atoms with Gasteiger partial charge in [-0.1, -0.05) is 61.2 Å². The van der Waals surface area contributed by atoms with Crippen LogP contribution >= 0.6 is 34.5 Å². The van der Waals surface area contributed by atoms with E-state index in [0.717, 1.165) is 29.5 Å². The number of fused-ring (bicyclic) bond motifs is 2. The average molecular weight is 624 g/mol. The summed E-state index contributed by atoms with van der Waals surface area (Å²) in [7, 11) is 0. The van der Waals surface area contributed by atoms with E-state index in [1.165, 1.54) is 11.3 Å². The summed E-state index contributed by atoms with van der Waals surface area (Å²) in [6.07, 6.45) is 3.13. The maximum atomic E-state index is 13.1. The van der Waals surface area contributed by atoms with Crippen molar-refractivity contribution in [1.29, 1.82) is 5.26 Å². The Balaban J connectivity index is 1.45. The lowest BCUT2D eigenvalue weighted by atomic mass is 9.83. The number of carbonyl (C=O) groups is 1. The summed E-state index contributed by atoms with van der Waals surface area (Å²) in [5.41, 5.74) is 7.95. The molecule has 10 heteroatoms. The molecule has 5 rings (SSSR count). The van der Waals surface area contributed by atoms with Crippen molar-refractivity contribution < 1.29 is 23.7 Å². The van der Waals surface area contributed by atoms with E-state index < -0.39 is 11.9 Å². The summed E-state index contributed by atoms with van der Waals surface area (Å²) < 4.78 is 24.2. The molecule has 0 aliphatic carbocycles. The molecule has 0 saturated heterocycles. The summed E-state index contributed by atoms with van der Waals surface area (Å²) in [6, 6.07) is 18.1. The van der Waals surface area contributed by atoms with Crippen molar-refractivity contribution in [2.24, 2.45) is 5.73 Å². The molecule has 1 aliphatic rings. The number of benzene rings is 3. The number of carbonyl (C=O) groups excluding carboxylic acids is 1. The van der Waals surface area contributed by atoms with Gasteiger partial charge in [-0.3, -0.25) is 0 Å². The molecule has 0 fully saturated rings. The number of hydrogen-bond donors (Lipinski definition) is 1. The van der Waals surface area contributed by atoms with E-state index >= 15 is 0 Å². The van der Waals surface area contributed by atoms with Gasteiger partial charge >= 0.3 is 5.97 Å². The van der Waals surface area contributed by atoms with Crippen LogP contribution in [0, 0.1) is 11.3 Å². The number of rotatable bonds is 10. The number of nitrogens with zero attached hydrogens (tertiary/aromatic N) is 1. The first-order valence-corrected chi connectivity index (χ1v) is 15.1. The van der Waals surface area contributed by atoms with Crippen LogP contribution in [-0.4, -0.2) is 19.2 Å². The molecule has 42 heavy (non-hydrogen) atoms. The lowest BCUT2D eigenvalue weighted by Gasteiger charge is -2.27. The largest absolute Gasteiger partial charge is 0.490 e. The van der Waals surface area contributed by atoms with E-state index in [-0.39, 0.29) is 27.1 Å². The van der Waals surface area contributed by atoms with Gasteiger partial charge in [0, 0.05) is 21.7 Å². The summed E-state index contributed by atoms with van der Waals surface area (Å²) in [5, 5.41) is 11.3. The minimum absolute atomic E-state index is 0.0291. The summed E-state index contributed by atoms with van der Waals surface area (Å²) in [6.45, 7) is 5.08. The summed E-state index contributed by atoms with van der Waals surface area (Å²) in [5.74, 6) is 0.640. The third-order valence-corrected chi connectivity index (χ3v) is 8.74. The first kappa shape index (κ1) is 29.6. The highest BCUT2D eigenvalue weighted by molar-refractivity contribution is 7.21. The zero-order valence-electron chi connectivity index (χ0n) is 23.0. The van der Waals surface area contributed by atoms with Crippen LogP contribution in [0.15, 0.2) is 66.1 Å². The Morgan fingerprint density at radius 2 is 1.90 bits per heavy atom. The van der Waals surface area contributed by atoms with Crippen molar-refractivity contribution in [2.45, 2.75) is 39.0 Å². The first-order valence-electron chi connectivity index (χ1n) is 13.6. The predicted molar refractivity (Wildman–Crippen MR) is 165 cm³/mol. The first-order chi connectivity index (χ1) is 20.4. The number of thiophene rings is 1. The number of nitriles is 1. The van der Waals surface area contributed by atoms with Gasteiger partial charge in [0.15, 0.2) is 11.5 Å². The van der Waals surface area contributed by atoms with Gasteiger partial charge < -0.3 is 24.7 Å². The van der Waals surface area contributed by atoms with Gasteiger partial charge in [-0.2, -0.15) is 5.26 Å². The number of allylic oxidation sites excluding steroid dienone is 1. The maximum Gasteiger partial charge on any atom is 0.355 e. The van der Waals surface area contributed by atoms with Gasteiger partial charge in [0.25, 0.3) is 0 Å². The molecule has 0 saturated carbocycles. The molecule has 3 aromatic carbocycles. The van der Waals surface area contributed by atoms with Crippen LogP contribution in [0.3, 0.4) is 0 Å². The van der Waals surface area contributed by atoms with Crippen molar-refractivity contribution in [3.05, 3.63) is 92.1 Å². The summed E-state index contributed by atoms with van der Waals surface area (Å²) >= 11 is 14.0. The zero-order chi connectivity index (χ0) is 29.8. The third kappa shape index (κ3) is 5.86. The Morgan fingerprint density at radius 3 is 2.64 bits per heavy atom. The fraction of sp³-hybridized carbons (Fsp3) is 0.250. The average Bonchev–Trinajstić information content (AvgIpc) is 3.32. The monoisotopic (exact) mass is 622 g/mol.